The summed E-state index contributed by atoms with van der Waals surface area (Å²) in [6, 6.07) is 0.872. The Hall–Kier alpha value is -0.0800. The van der Waals surface area contributed by atoms with Crippen molar-refractivity contribution < 1.29 is 4.74 Å². The van der Waals surface area contributed by atoms with Crippen LogP contribution in [-0.2, 0) is 4.74 Å². The van der Waals surface area contributed by atoms with E-state index in [1.54, 1.807) is 0 Å². The molecule has 2 heteroatoms. The fourth-order valence-corrected chi connectivity index (χ4v) is 2.40. The summed E-state index contributed by atoms with van der Waals surface area (Å²) in [5.74, 6) is 0. The summed E-state index contributed by atoms with van der Waals surface area (Å²) >= 11 is 0. The third-order valence-corrected chi connectivity index (χ3v) is 3.95. The molecular weight excluding hydrogens is 234 g/mol. The van der Waals surface area contributed by atoms with Gasteiger partial charge in [0.05, 0.1) is 6.10 Å². The first-order chi connectivity index (χ1) is 9.33. The van der Waals surface area contributed by atoms with Crippen molar-refractivity contribution in [2.45, 2.75) is 96.6 Å². The van der Waals surface area contributed by atoms with Crippen LogP contribution in [0.15, 0.2) is 0 Å². The van der Waals surface area contributed by atoms with Crippen LogP contribution in [0.25, 0.3) is 0 Å². The first kappa shape index (κ1) is 17.0. The van der Waals surface area contributed by atoms with Gasteiger partial charge in [-0.25, -0.2) is 0 Å². The Bertz CT molecular complexity index is 192. The molecular formula is C17H35NO. The summed E-state index contributed by atoms with van der Waals surface area (Å²) in [7, 11) is 0. The lowest BCUT2D eigenvalue weighted by molar-refractivity contribution is 0.0557. The van der Waals surface area contributed by atoms with Gasteiger partial charge in [0.1, 0.15) is 0 Å². The Kier molecular flexibility index (Phi) is 10.5. The van der Waals surface area contributed by atoms with Crippen LogP contribution in [0.2, 0.25) is 0 Å². The topological polar surface area (TPSA) is 21.3 Å². The largest absolute Gasteiger partial charge is 0.379 e. The molecule has 0 saturated heterocycles. The number of rotatable bonds is 14. The molecule has 0 aromatic rings. The first-order valence-corrected chi connectivity index (χ1v) is 8.68. The maximum absolute atomic E-state index is 5.86. The second-order valence-electron chi connectivity index (χ2n) is 6.17. The van der Waals surface area contributed by atoms with Gasteiger partial charge in [0, 0.05) is 12.6 Å². The third-order valence-electron chi connectivity index (χ3n) is 3.95. The van der Waals surface area contributed by atoms with E-state index in [2.05, 4.69) is 19.2 Å². The molecule has 114 valence electrons. The van der Waals surface area contributed by atoms with Crippen molar-refractivity contribution in [2.75, 3.05) is 13.2 Å². The molecule has 1 aliphatic carbocycles. The smallest absolute Gasteiger partial charge is 0.0547 e. The Morgan fingerprint density at radius 2 is 1.74 bits per heavy atom. The van der Waals surface area contributed by atoms with Crippen molar-refractivity contribution in [3.63, 3.8) is 0 Å². The van der Waals surface area contributed by atoms with Gasteiger partial charge in [-0.3, -0.25) is 0 Å². The minimum atomic E-state index is 0.466. The van der Waals surface area contributed by atoms with E-state index in [0.717, 1.165) is 12.6 Å². The summed E-state index contributed by atoms with van der Waals surface area (Å²) in [6.45, 7) is 6.68. The molecule has 1 saturated carbocycles. The van der Waals surface area contributed by atoms with Gasteiger partial charge in [-0.2, -0.15) is 0 Å². The van der Waals surface area contributed by atoms with Gasteiger partial charge in [-0.15, -0.1) is 0 Å². The van der Waals surface area contributed by atoms with E-state index in [9.17, 15) is 0 Å². The molecule has 1 N–H and O–H groups in total. The molecule has 19 heavy (non-hydrogen) atoms. The van der Waals surface area contributed by atoms with Crippen LogP contribution >= 0.6 is 0 Å². The van der Waals surface area contributed by atoms with Gasteiger partial charge < -0.3 is 10.1 Å². The van der Waals surface area contributed by atoms with Gasteiger partial charge in [-0.05, 0) is 45.6 Å². The Balaban J connectivity index is 1.71. The Morgan fingerprint density at radius 3 is 2.47 bits per heavy atom. The van der Waals surface area contributed by atoms with Gasteiger partial charge in [0.25, 0.3) is 0 Å². The lowest BCUT2D eigenvalue weighted by Crippen LogP contribution is -2.17. The molecule has 1 aliphatic rings. The molecule has 1 fully saturated rings. The highest BCUT2D eigenvalue weighted by Gasteiger charge is 2.19. The molecule has 0 radical (unpaired) electrons. The molecule has 0 amide bonds. The van der Waals surface area contributed by atoms with Crippen LogP contribution in [0.4, 0.5) is 0 Å². The average molecular weight is 269 g/mol. The fraction of sp³-hybridized carbons (Fsp3) is 1.00. The van der Waals surface area contributed by atoms with Crippen molar-refractivity contribution in [2.24, 2.45) is 0 Å². The molecule has 0 heterocycles. The molecule has 0 aromatic heterocycles. The van der Waals surface area contributed by atoms with Gasteiger partial charge in [0.15, 0.2) is 0 Å². The first-order valence-electron chi connectivity index (χ1n) is 8.68. The second-order valence-corrected chi connectivity index (χ2v) is 6.17. The highest BCUT2D eigenvalue weighted by atomic mass is 16.5. The number of hydrogen-bond donors (Lipinski definition) is 1. The summed E-state index contributed by atoms with van der Waals surface area (Å²) in [5.41, 5.74) is 0. The number of unbranched alkanes of at least 4 members (excludes halogenated alkanes) is 6. The van der Waals surface area contributed by atoms with Crippen LogP contribution in [-0.4, -0.2) is 25.3 Å². The quantitative estimate of drug-likeness (QED) is 0.463. The molecule has 1 atom stereocenters. The maximum Gasteiger partial charge on any atom is 0.0547 e. The molecule has 2 nitrogen and oxygen atoms in total. The van der Waals surface area contributed by atoms with E-state index < -0.39 is 0 Å². The lowest BCUT2D eigenvalue weighted by Gasteiger charge is -2.12. The standard InChI is InChI=1S/C17H35NO/c1-3-4-5-8-11-16(2)19-15-10-7-6-9-14-18-17-12-13-17/h16-18H,3-15H2,1-2H3. The van der Waals surface area contributed by atoms with Gasteiger partial charge >= 0.3 is 0 Å². The second kappa shape index (κ2) is 11.7. The molecule has 1 unspecified atom stereocenters. The summed E-state index contributed by atoms with van der Waals surface area (Å²) < 4.78 is 5.86. The van der Waals surface area contributed by atoms with Gasteiger partial charge in [-0.1, -0.05) is 45.4 Å². The predicted molar refractivity (Wildman–Crippen MR) is 83.7 cm³/mol. The summed E-state index contributed by atoms with van der Waals surface area (Å²) in [6.07, 6.45) is 15.2. The molecule has 0 aromatic carbocycles. The van der Waals surface area contributed by atoms with E-state index in [1.165, 1.54) is 77.2 Å². The van der Waals surface area contributed by atoms with E-state index in [-0.39, 0.29) is 0 Å². The van der Waals surface area contributed by atoms with Crippen LogP contribution < -0.4 is 5.32 Å². The van der Waals surface area contributed by atoms with Crippen LogP contribution in [0.5, 0.6) is 0 Å². The Labute approximate surface area is 120 Å². The van der Waals surface area contributed by atoms with Crippen molar-refractivity contribution in [3.05, 3.63) is 0 Å². The number of hydrogen-bond acceptors (Lipinski definition) is 2. The zero-order valence-electron chi connectivity index (χ0n) is 13.3. The fourth-order valence-electron chi connectivity index (χ4n) is 2.40. The van der Waals surface area contributed by atoms with E-state index >= 15 is 0 Å². The van der Waals surface area contributed by atoms with Gasteiger partial charge in [0.2, 0.25) is 0 Å². The van der Waals surface area contributed by atoms with Crippen molar-refractivity contribution >= 4 is 0 Å². The number of ether oxygens (including phenoxy) is 1. The summed E-state index contributed by atoms with van der Waals surface area (Å²) in [4.78, 5) is 0. The number of nitrogens with one attached hydrogen (secondary N) is 1. The highest BCUT2D eigenvalue weighted by Crippen LogP contribution is 2.18. The third kappa shape index (κ3) is 11.4. The predicted octanol–water partition coefficient (Wildman–Crippen LogP) is 4.67. The van der Waals surface area contributed by atoms with E-state index in [4.69, 9.17) is 4.74 Å². The van der Waals surface area contributed by atoms with Crippen LogP contribution in [0.3, 0.4) is 0 Å². The van der Waals surface area contributed by atoms with Crippen molar-refractivity contribution in [3.8, 4) is 0 Å². The van der Waals surface area contributed by atoms with Crippen LogP contribution in [0, 0.1) is 0 Å². The normalized spacial score (nSPS) is 16.7. The SMILES string of the molecule is CCCCCCC(C)OCCCCCCNC1CC1. The van der Waals surface area contributed by atoms with E-state index in [0.29, 0.717) is 6.10 Å². The summed E-state index contributed by atoms with van der Waals surface area (Å²) in [5, 5.41) is 3.57. The highest BCUT2D eigenvalue weighted by molar-refractivity contribution is 4.80. The molecule has 0 aliphatic heterocycles. The monoisotopic (exact) mass is 269 g/mol. The average Bonchev–Trinajstić information content (AvgIpc) is 3.22. The molecule has 1 rings (SSSR count). The van der Waals surface area contributed by atoms with Crippen molar-refractivity contribution in [1.29, 1.82) is 0 Å². The zero-order valence-corrected chi connectivity index (χ0v) is 13.3. The molecule has 0 spiro atoms. The molecule has 0 bridgehead atoms. The van der Waals surface area contributed by atoms with Crippen LogP contribution in [0.1, 0.15) is 84.5 Å². The lowest BCUT2D eigenvalue weighted by atomic mass is 10.1. The minimum absolute atomic E-state index is 0.466. The van der Waals surface area contributed by atoms with Crippen molar-refractivity contribution in [1.82, 2.24) is 5.32 Å². The zero-order chi connectivity index (χ0) is 13.8. The minimum Gasteiger partial charge on any atom is -0.379 e. The Morgan fingerprint density at radius 1 is 1.00 bits per heavy atom. The maximum atomic E-state index is 5.86. The van der Waals surface area contributed by atoms with E-state index in [1.807, 2.05) is 0 Å².